The normalized spacial score (nSPS) is 10.9. The Morgan fingerprint density at radius 2 is 1.81 bits per heavy atom. The first kappa shape index (κ1) is 14.9. The lowest BCUT2D eigenvalue weighted by Crippen LogP contribution is -2.16. The summed E-state index contributed by atoms with van der Waals surface area (Å²) in [6.45, 7) is 3.40. The second kappa shape index (κ2) is 5.46. The predicted octanol–water partition coefficient (Wildman–Crippen LogP) is 2.56. The molecule has 0 aliphatic rings. The summed E-state index contributed by atoms with van der Waals surface area (Å²) in [5.74, 6) is 0. The Labute approximate surface area is 124 Å². The van der Waals surface area contributed by atoms with Crippen LogP contribution in [0.2, 0.25) is 0 Å². The number of anilines is 2. The zero-order valence-corrected chi connectivity index (χ0v) is 12.5. The fourth-order valence-electron chi connectivity index (χ4n) is 2.02. The molecule has 6 heteroatoms. The van der Waals surface area contributed by atoms with Crippen LogP contribution < -0.4 is 10.5 Å². The Hall–Kier alpha value is -2.52. The molecular formula is C15H15N3O2S. The van der Waals surface area contributed by atoms with Crippen molar-refractivity contribution in [2.24, 2.45) is 0 Å². The maximum absolute atomic E-state index is 12.5. The number of nitrogens with zero attached hydrogens (tertiary/aromatic N) is 1. The van der Waals surface area contributed by atoms with Crippen LogP contribution in [0.25, 0.3) is 0 Å². The summed E-state index contributed by atoms with van der Waals surface area (Å²) < 4.78 is 27.4. The molecule has 3 N–H and O–H groups in total. The van der Waals surface area contributed by atoms with Gasteiger partial charge in [-0.25, -0.2) is 8.42 Å². The highest BCUT2D eigenvalue weighted by Crippen LogP contribution is 2.25. The van der Waals surface area contributed by atoms with Crippen molar-refractivity contribution < 1.29 is 8.42 Å². The first-order valence-corrected chi connectivity index (χ1v) is 7.73. The molecule has 0 spiro atoms. The van der Waals surface area contributed by atoms with E-state index in [0.29, 0.717) is 22.4 Å². The molecule has 108 valence electrons. The third kappa shape index (κ3) is 2.83. The minimum atomic E-state index is -3.80. The average molecular weight is 301 g/mol. The number of benzene rings is 2. The van der Waals surface area contributed by atoms with Gasteiger partial charge in [0.05, 0.1) is 16.1 Å². The Balaban J connectivity index is 2.51. The van der Waals surface area contributed by atoms with Gasteiger partial charge < -0.3 is 5.73 Å². The van der Waals surface area contributed by atoms with Gasteiger partial charge in [-0.05, 0) is 43.2 Å². The SMILES string of the molecule is Cc1cccc(NS(=O)(=O)c2cccc(N)c2C)c1C#N. The summed E-state index contributed by atoms with van der Waals surface area (Å²) in [7, 11) is -3.80. The lowest BCUT2D eigenvalue weighted by molar-refractivity contribution is 0.600. The highest BCUT2D eigenvalue weighted by Gasteiger charge is 2.19. The second-order valence-electron chi connectivity index (χ2n) is 4.69. The minimum Gasteiger partial charge on any atom is -0.398 e. The van der Waals surface area contributed by atoms with E-state index in [1.165, 1.54) is 6.07 Å². The highest BCUT2D eigenvalue weighted by atomic mass is 32.2. The number of aryl methyl sites for hydroxylation is 1. The Morgan fingerprint density at radius 3 is 2.48 bits per heavy atom. The lowest BCUT2D eigenvalue weighted by atomic mass is 10.1. The van der Waals surface area contributed by atoms with Gasteiger partial charge >= 0.3 is 0 Å². The quantitative estimate of drug-likeness (QED) is 0.851. The number of nitrogens with one attached hydrogen (secondary N) is 1. The van der Waals surface area contributed by atoms with Crippen molar-refractivity contribution in [1.82, 2.24) is 0 Å². The summed E-state index contributed by atoms with van der Waals surface area (Å²) >= 11 is 0. The van der Waals surface area contributed by atoms with Crippen molar-refractivity contribution in [3.05, 3.63) is 53.1 Å². The van der Waals surface area contributed by atoms with Gasteiger partial charge in [0.2, 0.25) is 0 Å². The van der Waals surface area contributed by atoms with E-state index >= 15 is 0 Å². The number of nitriles is 1. The first-order chi connectivity index (χ1) is 9.86. The fourth-order valence-corrected chi connectivity index (χ4v) is 3.37. The molecule has 0 unspecified atom stereocenters. The van der Waals surface area contributed by atoms with Crippen molar-refractivity contribution >= 4 is 21.4 Å². The van der Waals surface area contributed by atoms with Crippen LogP contribution in [0.4, 0.5) is 11.4 Å². The monoisotopic (exact) mass is 301 g/mol. The molecule has 0 aliphatic carbocycles. The van der Waals surface area contributed by atoms with E-state index in [4.69, 9.17) is 11.0 Å². The van der Waals surface area contributed by atoms with Crippen molar-refractivity contribution in [2.45, 2.75) is 18.7 Å². The molecule has 2 aromatic rings. The molecule has 0 saturated carbocycles. The first-order valence-electron chi connectivity index (χ1n) is 6.24. The maximum atomic E-state index is 12.5. The van der Waals surface area contributed by atoms with Gasteiger partial charge in [0, 0.05) is 5.69 Å². The Bertz CT molecular complexity index is 836. The van der Waals surface area contributed by atoms with Crippen molar-refractivity contribution in [3.8, 4) is 6.07 Å². The van der Waals surface area contributed by atoms with Gasteiger partial charge in [0.1, 0.15) is 6.07 Å². The summed E-state index contributed by atoms with van der Waals surface area (Å²) in [5.41, 5.74) is 7.92. The molecule has 0 fully saturated rings. The van der Waals surface area contributed by atoms with E-state index in [-0.39, 0.29) is 10.6 Å². The van der Waals surface area contributed by atoms with Crippen LogP contribution in [0, 0.1) is 25.2 Å². The van der Waals surface area contributed by atoms with Crippen LogP contribution >= 0.6 is 0 Å². The van der Waals surface area contributed by atoms with Crippen LogP contribution in [-0.2, 0) is 10.0 Å². The van der Waals surface area contributed by atoms with Crippen LogP contribution in [0.5, 0.6) is 0 Å². The van der Waals surface area contributed by atoms with Crippen molar-refractivity contribution in [1.29, 1.82) is 5.26 Å². The summed E-state index contributed by atoms with van der Waals surface area (Å²) in [6.07, 6.45) is 0. The summed E-state index contributed by atoms with van der Waals surface area (Å²) in [4.78, 5) is 0.105. The molecule has 21 heavy (non-hydrogen) atoms. The van der Waals surface area contributed by atoms with E-state index in [1.54, 1.807) is 44.2 Å². The number of hydrogen-bond acceptors (Lipinski definition) is 4. The van der Waals surface area contributed by atoms with E-state index in [0.717, 1.165) is 0 Å². The minimum absolute atomic E-state index is 0.105. The molecule has 0 bridgehead atoms. The van der Waals surface area contributed by atoms with Gasteiger partial charge in [0.25, 0.3) is 10.0 Å². The molecule has 2 rings (SSSR count). The van der Waals surface area contributed by atoms with E-state index in [1.807, 2.05) is 6.07 Å². The predicted molar refractivity (Wildman–Crippen MR) is 82.3 cm³/mol. The maximum Gasteiger partial charge on any atom is 0.262 e. The molecule has 0 heterocycles. The van der Waals surface area contributed by atoms with Gasteiger partial charge in [0.15, 0.2) is 0 Å². The van der Waals surface area contributed by atoms with Crippen LogP contribution in [0.1, 0.15) is 16.7 Å². The van der Waals surface area contributed by atoms with Gasteiger partial charge in [-0.2, -0.15) is 5.26 Å². The van der Waals surface area contributed by atoms with Crippen LogP contribution in [0.3, 0.4) is 0 Å². The number of nitrogens with two attached hydrogens (primary N) is 1. The molecule has 0 amide bonds. The molecule has 0 atom stereocenters. The Morgan fingerprint density at radius 1 is 1.14 bits per heavy atom. The summed E-state index contributed by atoms with van der Waals surface area (Å²) in [5, 5.41) is 9.16. The summed E-state index contributed by atoms with van der Waals surface area (Å²) in [6, 6.07) is 11.7. The molecule has 2 aromatic carbocycles. The zero-order valence-electron chi connectivity index (χ0n) is 11.7. The van der Waals surface area contributed by atoms with Crippen LogP contribution in [0.15, 0.2) is 41.3 Å². The van der Waals surface area contributed by atoms with Crippen LogP contribution in [-0.4, -0.2) is 8.42 Å². The highest BCUT2D eigenvalue weighted by molar-refractivity contribution is 7.92. The van der Waals surface area contributed by atoms with E-state index in [9.17, 15) is 8.42 Å². The number of hydrogen-bond donors (Lipinski definition) is 2. The van der Waals surface area contributed by atoms with Gasteiger partial charge in [-0.3, -0.25) is 4.72 Å². The topological polar surface area (TPSA) is 96.0 Å². The average Bonchev–Trinajstić information content (AvgIpc) is 2.41. The molecule has 5 nitrogen and oxygen atoms in total. The third-order valence-electron chi connectivity index (χ3n) is 3.24. The molecule has 0 aromatic heterocycles. The number of nitrogen functional groups attached to an aromatic ring is 1. The molecule has 0 saturated heterocycles. The molecular weight excluding hydrogens is 286 g/mol. The fraction of sp³-hybridized carbons (Fsp3) is 0.133. The second-order valence-corrected chi connectivity index (χ2v) is 6.34. The zero-order chi connectivity index (χ0) is 15.6. The van der Waals surface area contributed by atoms with Crippen molar-refractivity contribution in [3.63, 3.8) is 0 Å². The standard InChI is InChI=1S/C15H15N3O2S/c1-10-5-3-7-14(12(10)9-16)18-21(19,20)15-8-4-6-13(17)11(15)2/h3-8,18H,17H2,1-2H3. The molecule has 0 aliphatic heterocycles. The van der Waals surface area contributed by atoms with E-state index < -0.39 is 10.0 Å². The number of rotatable bonds is 3. The number of sulfonamides is 1. The van der Waals surface area contributed by atoms with Gasteiger partial charge in [-0.1, -0.05) is 18.2 Å². The lowest BCUT2D eigenvalue weighted by Gasteiger charge is -2.13. The third-order valence-corrected chi connectivity index (χ3v) is 4.75. The smallest absolute Gasteiger partial charge is 0.262 e. The van der Waals surface area contributed by atoms with E-state index in [2.05, 4.69) is 4.72 Å². The molecule has 0 radical (unpaired) electrons. The van der Waals surface area contributed by atoms with Crippen molar-refractivity contribution in [2.75, 3.05) is 10.5 Å². The van der Waals surface area contributed by atoms with Gasteiger partial charge in [-0.15, -0.1) is 0 Å². The Kier molecular flexibility index (Phi) is 3.87. The largest absolute Gasteiger partial charge is 0.398 e.